The van der Waals surface area contributed by atoms with Crippen LogP contribution in [0.3, 0.4) is 0 Å². The normalized spacial score (nSPS) is 11.0. The Labute approximate surface area is 129 Å². The smallest absolute Gasteiger partial charge is 0.197 e. The van der Waals surface area contributed by atoms with Gasteiger partial charge in [0.15, 0.2) is 5.78 Å². The second-order valence-corrected chi connectivity index (χ2v) is 5.65. The van der Waals surface area contributed by atoms with Crippen molar-refractivity contribution in [3.05, 3.63) is 69.6 Å². The molecule has 2 aromatic carbocycles. The number of rotatable bonds is 3. The average molecular weight is 347 g/mol. The molecule has 3 aromatic rings. The number of hydrogen-bond acceptors (Lipinski definition) is 2. The first-order chi connectivity index (χ1) is 10.1. The summed E-state index contributed by atoms with van der Waals surface area (Å²) in [5.41, 5.74) is 1.50. The van der Waals surface area contributed by atoms with E-state index < -0.39 is 5.82 Å². The van der Waals surface area contributed by atoms with Crippen molar-refractivity contribution in [1.82, 2.24) is 0 Å². The van der Waals surface area contributed by atoms with Gasteiger partial charge in [-0.3, -0.25) is 4.79 Å². The van der Waals surface area contributed by atoms with Gasteiger partial charge >= 0.3 is 0 Å². The molecular weight excluding hydrogens is 335 g/mol. The van der Waals surface area contributed by atoms with Gasteiger partial charge in [0.1, 0.15) is 17.2 Å². The number of aryl methyl sites for hydroxylation is 1. The van der Waals surface area contributed by atoms with Gasteiger partial charge in [-0.1, -0.05) is 41.1 Å². The molecular formula is C17H12BrFO2. The van der Waals surface area contributed by atoms with Gasteiger partial charge in [-0.15, -0.1) is 0 Å². The molecule has 0 atom stereocenters. The number of furan rings is 1. The highest BCUT2D eigenvalue weighted by atomic mass is 79.9. The van der Waals surface area contributed by atoms with Crippen molar-refractivity contribution in [2.45, 2.75) is 13.3 Å². The van der Waals surface area contributed by atoms with Crippen molar-refractivity contribution in [3.63, 3.8) is 0 Å². The van der Waals surface area contributed by atoms with Crippen LogP contribution in [0.15, 0.2) is 51.4 Å². The van der Waals surface area contributed by atoms with E-state index in [1.54, 1.807) is 6.07 Å². The number of ketones is 1. The van der Waals surface area contributed by atoms with Gasteiger partial charge in [-0.25, -0.2) is 4.39 Å². The zero-order valence-corrected chi connectivity index (χ0v) is 12.9. The lowest BCUT2D eigenvalue weighted by atomic mass is 9.99. The van der Waals surface area contributed by atoms with Crippen LogP contribution in [0.1, 0.15) is 28.6 Å². The van der Waals surface area contributed by atoms with Gasteiger partial charge in [0.05, 0.1) is 5.56 Å². The zero-order chi connectivity index (χ0) is 15.0. The fourth-order valence-electron chi connectivity index (χ4n) is 2.42. The lowest BCUT2D eigenvalue weighted by Gasteiger charge is -2.03. The maximum atomic E-state index is 13.5. The molecule has 0 aliphatic carbocycles. The molecule has 106 valence electrons. The maximum absolute atomic E-state index is 13.5. The first-order valence-electron chi connectivity index (χ1n) is 6.61. The standard InChI is InChI=1S/C17H12BrFO2/c1-2-14-16(13-5-3-4-6-15(13)21-14)17(20)10-7-11(18)9-12(19)8-10/h3-9H,2H2,1H3. The number of benzene rings is 2. The fourth-order valence-corrected chi connectivity index (χ4v) is 2.89. The van der Waals surface area contributed by atoms with Crippen LogP contribution < -0.4 is 0 Å². The minimum atomic E-state index is -0.446. The molecule has 3 rings (SSSR count). The van der Waals surface area contributed by atoms with Crippen LogP contribution in [-0.4, -0.2) is 5.78 Å². The van der Waals surface area contributed by atoms with E-state index in [0.29, 0.717) is 33.4 Å². The van der Waals surface area contributed by atoms with Crippen molar-refractivity contribution in [2.75, 3.05) is 0 Å². The van der Waals surface area contributed by atoms with E-state index in [1.807, 2.05) is 31.2 Å². The number of para-hydroxylation sites is 1. The molecule has 0 aliphatic heterocycles. The predicted molar refractivity (Wildman–Crippen MR) is 83.1 cm³/mol. The Morgan fingerprint density at radius 1 is 1.24 bits per heavy atom. The molecule has 1 aromatic heterocycles. The van der Waals surface area contributed by atoms with Gasteiger partial charge in [0, 0.05) is 21.8 Å². The molecule has 1 heterocycles. The summed E-state index contributed by atoms with van der Waals surface area (Å²) in [6, 6.07) is 11.6. The first-order valence-corrected chi connectivity index (χ1v) is 7.40. The Kier molecular flexibility index (Phi) is 3.64. The van der Waals surface area contributed by atoms with Crippen LogP contribution in [-0.2, 0) is 6.42 Å². The van der Waals surface area contributed by atoms with E-state index in [4.69, 9.17) is 4.42 Å². The number of halogens is 2. The number of fused-ring (bicyclic) bond motifs is 1. The van der Waals surface area contributed by atoms with Gasteiger partial charge < -0.3 is 4.42 Å². The SMILES string of the molecule is CCc1oc2ccccc2c1C(=O)c1cc(F)cc(Br)c1. The molecule has 0 aliphatic rings. The Hall–Kier alpha value is -1.94. The summed E-state index contributed by atoms with van der Waals surface area (Å²) in [5, 5.41) is 0.764. The summed E-state index contributed by atoms with van der Waals surface area (Å²) in [4.78, 5) is 12.8. The fraction of sp³-hybridized carbons (Fsp3) is 0.118. The predicted octanol–water partition coefficient (Wildman–Crippen LogP) is 5.13. The van der Waals surface area contributed by atoms with Gasteiger partial charge in [0.2, 0.25) is 0 Å². The van der Waals surface area contributed by atoms with Crippen LogP contribution in [0, 0.1) is 5.82 Å². The van der Waals surface area contributed by atoms with E-state index in [1.165, 1.54) is 12.1 Å². The van der Waals surface area contributed by atoms with Crippen LogP contribution in [0.25, 0.3) is 11.0 Å². The average Bonchev–Trinajstić information content (AvgIpc) is 2.83. The molecule has 21 heavy (non-hydrogen) atoms. The highest BCUT2D eigenvalue weighted by Gasteiger charge is 2.21. The number of carbonyl (C=O) groups excluding carboxylic acids is 1. The van der Waals surface area contributed by atoms with Gasteiger partial charge in [-0.2, -0.15) is 0 Å². The Morgan fingerprint density at radius 3 is 2.71 bits per heavy atom. The van der Waals surface area contributed by atoms with Gasteiger partial charge in [0.25, 0.3) is 0 Å². The quantitative estimate of drug-likeness (QED) is 0.615. The van der Waals surface area contributed by atoms with E-state index in [9.17, 15) is 9.18 Å². The summed E-state index contributed by atoms with van der Waals surface area (Å²) in [5.74, 6) is -0.0443. The van der Waals surface area contributed by atoms with Crippen LogP contribution in [0.5, 0.6) is 0 Å². The van der Waals surface area contributed by atoms with Crippen molar-refractivity contribution >= 4 is 32.7 Å². The summed E-state index contributed by atoms with van der Waals surface area (Å²) in [7, 11) is 0. The molecule has 0 saturated heterocycles. The highest BCUT2D eigenvalue weighted by Crippen LogP contribution is 2.29. The van der Waals surface area contributed by atoms with Crippen LogP contribution in [0.2, 0.25) is 0 Å². The second-order valence-electron chi connectivity index (χ2n) is 4.74. The van der Waals surface area contributed by atoms with E-state index in [-0.39, 0.29) is 5.78 Å². The third-order valence-corrected chi connectivity index (χ3v) is 3.80. The van der Waals surface area contributed by atoms with Crippen molar-refractivity contribution in [2.24, 2.45) is 0 Å². The Morgan fingerprint density at radius 2 is 2.00 bits per heavy atom. The third-order valence-electron chi connectivity index (χ3n) is 3.34. The number of hydrogen-bond donors (Lipinski definition) is 0. The molecule has 0 N–H and O–H groups in total. The van der Waals surface area contributed by atoms with Crippen molar-refractivity contribution < 1.29 is 13.6 Å². The van der Waals surface area contributed by atoms with Crippen LogP contribution >= 0.6 is 15.9 Å². The van der Waals surface area contributed by atoms with E-state index in [2.05, 4.69) is 15.9 Å². The molecule has 0 bridgehead atoms. The molecule has 0 spiro atoms. The largest absolute Gasteiger partial charge is 0.460 e. The molecule has 0 unspecified atom stereocenters. The summed E-state index contributed by atoms with van der Waals surface area (Å²) < 4.78 is 19.8. The van der Waals surface area contributed by atoms with Gasteiger partial charge in [-0.05, 0) is 24.3 Å². The van der Waals surface area contributed by atoms with Crippen LogP contribution in [0.4, 0.5) is 4.39 Å². The molecule has 4 heteroatoms. The van der Waals surface area contributed by atoms with E-state index >= 15 is 0 Å². The monoisotopic (exact) mass is 346 g/mol. The molecule has 0 radical (unpaired) electrons. The second kappa shape index (κ2) is 5.45. The summed E-state index contributed by atoms with van der Waals surface area (Å²) >= 11 is 3.21. The topological polar surface area (TPSA) is 30.2 Å². The molecule has 2 nitrogen and oxygen atoms in total. The zero-order valence-electron chi connectivity index (χ0n) is 11.3. The summed E-state index contributed by atoms with van der Waals surface area (Å²) in [6.07, 6.45) is 0.603. The lowest BCUT2D eigenvalue weighted by molar-refractivity contribution is 0.103. The minimum absolute atomic E-state index is 0.225. The molecule has 0 fully saturated rings. The van der Waals surface area contributed by atoms with Crippen molar-refractivity contribution in [3.8, 4) is 0 Å². The number of carbonyl (C=O) groups is 1. The third kappa shape index (κ3) is 2.51. The minimum Gasteiger partial charge on any atom is -0.460 e. The Bertz CT molecular complexity index is 816. The maximum Gasteiger partial charge on any atom is 0.197 e. The molecule has 0 saturated carbocycles. The first kappa shape index (κ1) is 14.0. The Balaban J connectivity index is 2.21. The highest BCUT2D eigenvalue weighted by molar-refractivity contribution is 9.10. The molecule has 0 amide bonds. The van der Waals surface area contributed by atoms with Crippen molar-refractivity contribution in [1.29, 1.82) is 0 Å². The van der Waals surface area contributed by atoms with E-state index in [0.717, 1.165) is 5.39 Å². The summed E-state index contributed by atoms with van der Waals surface area (Å²) in [6.45, 7) is 1.93. The lowest BCUT2D eigenvalue weighted by Crippen LogP contribution is -2.04.